The molecule has 0 saturated carbocycles. The predicted molar refractivity (Wildman–Crippen MR) is 53.6 cm³/mol. The highest BCUT2D eigenvalue weighted by Gasteiger charge is 2.18. The van der Waals surface area contributed by atoms with Crippen molar-refractivity contribution in [2.45, 2.75) is 12.2 Å². The molecule has 2 N–H and O–H groups in total. The molecule has 2 unspecified atom stereocenters. The highest BCUT2D eigenvalue weighted by Crippen LogP contribution is 2.16. The van der Waals surface area contributed by atoms with E-state index in [0.29, 0.717) is 5.56 Å². The Labute approximate surface area is 91.2 Å². The van der Waals surface area contributed by atoms with E-state index in [0.717, 1.165) is 0 Å². The maximum atomic E-state index is 9.63. The van der Waals surface area contributed by atoms with Crippen molar-refractivity contribution in [1.82, 2.24) is 9.97 Å². The van der Waals surface area contributed by atoms with Crippen LogP contribution in [0.15, 0.2) is 17.5 Å². The number of nitrogens with zero attached hydrogens (tertiary/aromatic N) is 5. The van der Waals surface area contributed by atoms with Gasteiger partial charge >= 0.3 is 6.01 Å². The van der Waals surface area contributed by atoms with Crippen LogP contribution in [0.4, 0.5) is 0 Å². The van der Waals surface area contributed by atoms with Crippen molar-refractivity contribution < 1.29 is 14.9 Å². The summed E-state index contributed by atoms with van der Waals surface area (Å²) in [5.41, 5.74) is 8.38. The number of methoxy groups -OCH3 is 1. The van der Waals surface area contributed by atoms with Gasteiger partial charge in [0.25, 0.3) is 0 Å². The molecule has 86 valence electrons. The minimum Gasteiger partial charge on any atom is -0.467 e. The molecule has 0 spiro atoms. The van der Waals surface area contributed by atoms with Gasteiger partial charge in [0.2, 0.25) is 0 Å². The lowest BCUT2D eigenvalue weighted by Gasteiger charge is -2.15. The van der Waals surface area contributed by atoms with Gasteiger partial charge in [-0.05, 0) is 5.53 Å². The number of aromatic nitrogens is 2. The third kappa shape index (κ3) is 3.06. The van der Waals surface area contributed by atoms with Crippen LogP contribution in [0.5, 0.6) is 6.01 Å². The Morgan fingerprint density at radius 3 is 2.62 bits per heavy atom. The van der Waals surface area contributed by atoms with Crippen LogP contribution in [0.3, 0.4) is 0 Å². The van der Waals surface area contributed by atoms with Crippen LogP contribution in [0.25, 0.3) is 10.4 Å². The molecule has 0 aliphatic rings. The first-order valence-corrected chi connectivity index (χ1v) is 4.42. The molecule has 1 heterocycles. The summed E-state index contributed by atoms with van der Waals surface area (Å²) in [5.74, 6) is 0. The maximum absolute atomic E-state index is 9.63. The maximum Gasteiger partial charge on any atom is 0.316 e. The van der Waals surface area contributed by atoms with Crippen LogP contribution in [-0.2, 0) is 0 Å². The summed E-state index contributed by atoms with van der Waals surface area (Å²) in [4.78, 5) is 10.0. The van der Waals surface area contributed by atoms with Crippen molar-refractivity contribution in [2.75, 3.05) is 13.7 Å². The fourth-order valence-electron chi connectivity index (χ4n) is 1.03. The molecule has 0 radical (unpaired) electrons. The summed E-state index contributed by atoms with van der Waals surface area (Å²) in [6.07, 6.45) is 0.273. The van der Waals surface area contributed by atoms with Crippen molar-refractivity contribution in [2.24, 2.45) is 5.11 Å². The van der Waals surface area contributed by atoms with Gasteiger partial charge in [0, 0.05) is 22.9 Å². The number of azide groups is 1. The molecule has 0 amide bonds. The second-order valence-corrected chi connectivity index (χ2v) is 2.93. The third-order valence-electron chi connectivity index (χ3n) is 1.87. The summed E-state index contributed by atoms with van der Waals surface area (Å²) >= 11 is 0. The monoisotopic (exact) mass is 225 g/mol. The van der Waals surface area contributed by atoms with Crippen LogP contribution < -0.4 is 4.74 Å². The first kappa shape index (κ1) is 12.2. The number of hydrogen-bond acceptors (Lipinski definition) is 6. The Morgan fingerprint density at radius 2 is 2.12 bits per heavy atom. The fourth-order valence-corrected chi connectivity index (χ4v) is 1.03. The number of aliphatic hydroxyl groups excluding tert-OH is 2. The lowest BCUT2D eigenvalue weighted by Crippen LogP contribution is -2.21. The normalized spacial score (nSPS) is 13.7. The van der Waals surface area contributed by atoms with Gasteiger partial charge in [-0.1, -0.05) is 5.11 Å². The second-order valence-electron chi connectivity index (χ2n) is 2.93. The van der Waals surface area contributed by atoms with E-state index in [4.69, 9.17) is 10.3 Å². The van der Waals surface area contributed by atoms with Gasteiger partial charge in [-0.2, -0.15) is 0 Å². The molecule has 0 saturated heterocycles. The van der Waals surface area contributed by atoms with Gasteiger partial charge in [0.15, 0.2) is 0 Å². The predicted octanol–water partition coefficient (Wildman–Crippen LogP) is 0.190. The van der Waals surface area contributed by atoms with Gasteiger partial charge in [-0.3, -0.25) is 0 Å². The fraction of sp³-hybridized carbons (Fsp3) is 0.500. The number of ether oxygens (including phenoxy) is 1. The second kappa shape index (κ2) is 5.86. The van der Waals surface area contributed by atoms with Gasteiger partial charge in [-0.15, -0.1) is 0 Å². The zero-order chi connectivity index (χ0) is 12.0. The molecule has 0 fully saturated rings. The Bertz CT molecular complexity index is 376. The van der Waals surface area contributed by atoms with Crippen LogP contribution in [-0.4, -0.2) is 39.9 Å². The van der Waals surface area contributed by atoms with E-state index in [9.17, 15) is 10.2 Å². The smallest absolute Gasteiger partial charge is 0.316 e. The van der Waals surface area contributed by atoms with Crippen LogP contribution in [0.2, 0.25) is 0 Å². The summed E-state index contributed by atoms with van der Waals surface area (Å²) in [6.45, 7) is -0.219. The van der Waals surface area contributed by atoms with Crippen molar-refractivity contribution in [3.05, 3.63) is 28.4 Å². The third-order valence-corrected chi connectivity index (χ3v) is 1.87. The number of aliphatic hydroxyl groups is 2. The molecule has 0 bridgehead atoms. The molecule has 16 heavy (non-hydrogen) atoms. The lowest BCUT2D eigenvalue weighted by atomic mass is 10.1. The van der Waals surface area contributed by atoms with E-state index in [1.165, 1.54) is 19.5 Å². The molecule has 0 aromatic carbocycles. The molecular formula is C8H11N5O3. The van der Waals surface area contributed by atoms with E-state index < -0.39 is 12.2 Å². The van der Waals surface area contributed by atoms with Gasteiger partial charge in [0.1, 0.15) is 6.10 Å². The summed E-state index contributed by atoms with van der Waals surface area (Å²) in [5, 5.41) is 22.2. The topological polar surface area (TPSA) is 124 Å². The van der Waals surface area contributed by atoms with E-state index in [2.05, 4.69) is 20.0 Å². The Morgan fingerprint density at radius 1 is 1.50 bits per heavy atom. The molecule has 8 heteroatoms. The number of rotatable bonds is 5. The summed E-state index contributed by atoms with van der Waals surface area (Å²) < 4.78 is 4.74. The Balaban J connectivity index is 2.71. The highest BCUT2D eigenvalue weighted by molar-refractivity contribution is 5.12. The Kier molecular flexibility index (Phi) is 4.46. The van der Waals surface area contributed by atoms with Crippen molar-refractivity contribution >= 4 is 0 Å². The molecule has 0 aliphatic carbocycles. The average molecular weight is 225 g/mol. The Hall–Kier alpha value is -1.89. The van der Waals surface area contributed by atoms with Gasteiger partial charge < -0.3 is 14.9 Å². The minimum atomic E-state index is -1.20. The molecular weight excluding hydrogens is 214 g/mol. The summed E-state index contributed by atoms with van der Waals surface area (Å²) in [7, 11) is 1.42. The van der Waals surface area contributed by atoms with E-state index >= 15 is 0 Å². The summed E-state index contributed by atoms with van der Waals surface area (Å²) in [6, 6.07) is 0.167. The zero-order valence-electron chi connectivity index (χ0n) is 8.56. The van der Waals surface area contributed by atoms with Crippen LogP contribution in [0.1, 0.15) is 11.7 Å². The van der Waals surface area contributed by atoms with E-state index in [-0.39, 0.29) is 12.6 Å². The molecule has 1 aromatic heterocycles. The SMILES string of the molecule is COc1ncc(C(O)C(O)CN=[N+]=[N-])cn1. The van der Waals surface area contributed by atoms with Gasteiger partial charge in [-0.25, -0.2) is 9.97 Å². The first-order valence-electron chi connectivity index (χ1n) is 4.42. The van der Waals surface area contributed by atoms with E-state index in [1.54, 1.807) is 0 Å². The van der Waals surface area contributed by atoms with E-state index in [1.807, 2.05) is 0 Å². The minimum absolute atomic E-state index is 0.167. The molecule has 1 rings (SSSR count). The first-order chi connectivity index (χ1) is 7.69. The zero-order valence-corrected chi connectivity index (χ0v) is 8.56. The molecule has 2 atom stereocenters. The average Bonchev–Trinajstić information content (AvgIpc) is 2.35. The van der Waals surface area contributed by atoms with Crippen molar-refractivity contribution in [3.63, 3.8) is 0 Å². The molecule has 1 aromatic rings. The van der Waals surface area contributed by atoms with Crippen LogP contribution >= 0.6 is 0 Å². The van der Waals surface area contributed by atoms with Crippen molar-refractivity contribution in [1.29, 1.82) is 0 Å². The lowest BCUT2D eigenvalue weighted by molar-refractivity contribution is 0.0239. The largest absolute Gasteiger partial charge is 0.467 e. The molecule has 0 aliphatic heterocycles. The quantitative estimate of drug-likeness (QED) is 0.420. The highest BCUT2D eigenvalue weighted by atomic mass is 16.5. The molecule has 8 nitrogen and oxygen atoms in total. The standard InChI is InChI=1S/C8H11N5O3/c1-16-8-10-2-5(3-11-8)7(15)6(14)4-12-13-9/h2-3,6-7,14-15H,4H2,1H3. The van der Waals surface area contributed by atoms with Crippen LogP contribution in [0, 0.1) is 0 Å². The van der Waals surface area contributed by atoms with Crippen molar-refractivity contribution in [3.8, 4) is 6.01 Å². The van der Waals surface area contributed by atoms with Gasteiger partial charge in [0.05, 0.1) is 19.8 Å². The number of hydrogen-bond donors (Lipinski definition) is 2.